The molecule has 0 aliphatic heterocycles. The minimum absolute atomic E-state index is 0.0421. The van der Waals surface area contributed by atoms with Crippen molar-refractivity contribution in [2.45, 2.75) is 45.2 Å². The lowest BCUT2D eigenvalue weighted by Crippen LogP contribution is -2.20. The summed E-state index contributed by atoms with van der Waals surface area (Å²) < 4.78 is 1.61. The molecule has 2 aromatic carbocycles. The number of pyridine rings is 1. The van der Waals surface area contributed by atoms with Gasteiger partial charge in [0.05, 0.1) is 52.4 Å². The van der Waals surface area contributed by atoms with Gasteiger partial charge in [-0.2, -0.15) is 15.8 Å². The normalized spacial score (nSPS) is 14.6. The molecule has 0 unspecified atom stereocenters. The van der Waals surface area contributed by atoms with Crippen molar-refractivity contribution < 1.29 is 0 Å². The summed E-state index contributed by atoms with van der Waals surface area (Å²) in [4.78, 5) is 4.61. The maximum atomic E-state index is 9.88. The average molecular weight is 536 g/mol. The summed E-state index contributed by atoms with van der Waals surface area (Å²) in [7, 11) is 0. The summed E-state index contributed by atoms with van der Waals surface area (Å²) >= 11 is 6.64. The van der Waals surface area contributed by atoms with E-state index in [1.54, 1.807) is 29.1 Å². The van der Waals surface area contributed by atoms with Crippen LogP contribution in [0.5, 0.6) is 0 Å². The van der Waals surface area contributed by atoms with Crippen LogP contribution in [0.3, 0.4) is 0 Å². The van der Waals surface area contributed by atoms with Crippen LogP contribution in [0.15, 0.2) is 48.8 Å². The standard InChI is InChI=1S/C29H26ClN9/c1-28(2,3)17-35-25-19(13-32)14-34-26-21(25)10-18(12-31)11-23(26)36-27(20-6-4-5-7-22(20)30)24-15-39(38-37-24)29(16-33)8-9-29/h4-7,10-11,14-15,27,36H,8-9,17H2,1-3H3,(H,34,35)/t27-/m0/s1. The number of hydrogen-bond donors (Lipinski definition) is 2. The second-order valence-electron chi connectivity index (χ2n) is 10.9. The molecule has 1 aliphatic rings. The lowest BCUT2D eigenvalue weighted by molar-refractivity contribution is 0.443. The quantitative estimate of drug-likeness (QED) is 0.298. The molecule has 1 fully saturated rings. The summed E-state index contributed by atoms with van der Waals surface area (Å²) in [5.41, 5.74) is 3.21. The highest BCUT2D eigenvalue weighted by atomic mass is 35.5. The molecule has 194 valence electrons. The van der Waals surface area contributed by atoms with Crippen LogP contribution < -0.4 is 10.6 Å². The Kier molecular flexibility index (Phi) is 6.60. The van der Waals surface area contributed by atoms with Gasteiger partial charge in [0.15, 0.2) is 5.54 Å². The smallest absolute Gasteiger partial charge is 0.150 e. The zero-order chi connectivity index (χ0) is 27.8. The minimum atomic E-state index is -0.660. The van der Waals surface area contributed by atoms with Crippen LogP contribution >= 0.6 is 11.6 Å². The fourth-order valence-electron chi connectivity index (χ4n) is 4.41. The molecule has 2 heterocycles. The van der Waals surface area contributed by atoms with Crippen LogP contribution in [0.2, 0.25) is 5.02 Å². The van der Waals surface area contributed by atoms with E-state index in [0.29, 0.717) is 50.7 Å². The number of halogens is 1. The van der Waals surface area contributed by atoms with Crippen molar-refractivity contribution in [1.29, 1.82) is 15.8 Å². The molecule has 5 rings (SSSR count). The highest BCUT2D eigenvalue weighted by molar-refractivity contribution is 6.31. The zero-order valence-corrected chi connectivity index (χ0v) is 22.6. The van der Waals surface area contributed by atoms with Crippen LogP contribution in [0.4, 0.5) is 11.4 Å². The van der Waals surface area contributed by atoms with Gasteiger partial charge in [-0.1, -0.05) is 55.8 Å². The fourth-order valence-corrected chi connectivity index (χ4v) is 4.66. The van der Waals surface area contributed by atoms with E-state index in [1.165, 1.54) is 6.20 Å². The Labute approximate surface area is 231 Å². The van der Waals surface area contributed by atoms with Crippen molar-refractivity contribution >= 4 is 33.9 Å². The van der Waals surface area contributed by atoms with E-state index >= 15 is 0 Å². The number of benzene rings is 2. The first-order valence-electron chi connectivity index (χ1n) is 12.5. The first-order chi connectivity index (χ1) is 18.7. The molecule has 2 aromatic heterocycles. The van der Waals surface area contributed by atoms with Crippen molar-refractivity contribution in [3.05, 3.63) is 76.2 Å². The predicted octanol–water partition coefficient (Wildman–Crippen LogP) is 5.90. The van der Waals surface area contributed by atoms with Crippen molar-refractivity contribution in [3.63, 3.8) is 0 Å². The molecule has 0 amide bonds. The van der Waals surface area contributed by atoms with Crippen molar-refractivity contribution in [2.75, 3.05) is 17.2 Å². The van der Waals surface area contributed by atoms with E-state index < -0.39 is 11.6 Å². The number of nitrogens with zero attached hydrogens (tertiary/aromatic N) is 7. The maximum Gasteiger partial charge on any atom is 0.150 e. The number of hydrogen-bond acceptors (Lipinski definition) is 8. The van der Waals surface area contributed by atoms with Gasteiger partial charge in [0.25, 0.3) is 0 Å². The average Bonchev–Trinajstić information content (AvgIpc) is 3.57. The van der Waals surface area contributed by atoms with Gasteiger partial charge in [-0.05, 0) is 42.0 Å². The van der Waals surface area contributed by atoms with Gasteiger partial charge in [0.2, 0.25) is 0 Å². The number of anilines is 2. The zero-order valence-electron chi connectivity index (χ0n) is 21.8. The van der Waals surface area contributed by atoms with Crippen molar-refractivity contribution in [1.82, 2.24) is 20.0 Å². The van der Waals surface area contributed by atoms with Gasteiger partial charge in [-0.3, -0.25) is 4.98 Å². The second-order valence-corrected chi connectivity index (χ2v) is 11.3. The molecule has 4 aromatic rings. The summed E-state index contributed by atoms with van der Waals surface area (Å²) in [6.07, 6.45) is 4.75. The molecule has 0 saturated heterocycles. The Hall–Kier alpha value is -4.65. The third-order valence-electron chi connectivity index (χ3n) is 6.71. The van der Waals surface area contributed by atoms with Crippen LogP contribution in [0.1, 0.15) is 62.0 Å². The first-order valence-corrected chi connectivity index (χ1v) is 12.9. The van der Waals surface area contributed by atoms with E-state index in [-0.39, 0.29) is 5.41 Å². The molecule has 9 nitrogen and oxygen atoms in total. The number of nitrogens with one attached hydrogen (secondary N) is 2. The van der Waals surface area contributed by atoms with E-state index in [4.69, 9.17) is 11.6 Å². The molecule has 1 atom stereocenters. The Morgan fingerprint density at radius 1 is 1.13 bits per heavy atom. The van der Waals surface area contributed by atoms with Gasteiger partial charge in [-0.25, -0.2) is 4.68 Å². The minimum Gasteiger partial charge on any atom is -0.383 e. The third kappa shape index (κ3) is 5.08. The molecule has 1 aliphatic carbocycles. The van der Waals surface area contributed by atoms with E-state index in [2.05, 4.69) is 64.9 Å². The summed E-state index contributed by atoms with van der Waals surface area (Å²) in [6, 6.07) is 17.1. The third-order valence-corrected chi connectivity index (χ3v) is 7.05. The molecular weight excluding hydrogens is 510 g/mol. The summed E-state index contributed by atoms with van der Waals surface area (Å²) in [6.45, 7) is 6.92. The van der Waals surface area contributed by atoms with Crippen LogP contribution in [-0.2, 0) is 5.54 Å². The van der Waals surface area contributed by atoms with E-state index in [0.717, 1.165) is 18.4 Å². The molecule has 0 radical (unpaired) electrons. The topological polar surface area (TPSA) is 139 Å². The number of aromatic nitrogens is 4. The predicted molar refractivity (Wildman–Crippen MR) is 149 cm³/mol. The SMILES string of the molecule is CC(C)(C)CNc1c(C#N)cnc2c(N[C@H](c3cn(C4(C#N)CC4)nn3)c3ccccc3Cl)cc(C#N)cc12. The lowest BCUT2D eigenvalue weighted by atomic mass is 9.96. The number of nitriles is 3. The molecule has 2 N–H and O–H groups in total. The van der Waals surface area contributed by atoms with Gasteiger partial charge >= 0.3 is 0 Å². The van der Waals surface area contributed by atoms with Crippen LogP contribution in [-0.4, -0.2) is 26.5 Å². The van der Waals surface area contributed by atoms with E-state index in [1.807, 2.05) is 18.2 Å². The highest BCUT2D eigenvalue weighted by Crippen LogP contribution is 2.43. The van der Waals surface area contributed by atoms with Gasteiger partial charge < -0.3 is 10.6 Å². The molecule has 0 bridgehead atoms. The van der Waals surface area contributed by atoms with Gasteiger partial charge in [0, 0.05) is 23.2 Å². The van der Waals surface area contributed by atoms with Gasteiger partial charge in [-0.15, -0.1) is 5.10 Å². The first kappa shape index (κ1) is 26.0. The Morgan fingerprint density at radius 2 is 1.90 bits per heavy atom. The summed E-state index contributed by atoms with van der Waals surface area (Å²) in [5.74, 6) is 0. The fraction of sp³-hybridized carbons (Fsp3) is 0.310. The monoisotopic (exact) mass is 535 g/mol. The van der Waals surface area contributed by atoms with Crippen molar-refractivity contribution in [3.8, 4) is 18.2 Å². The number of rotatable bonds is 7. The Balaban J connectivity index is 1.65. The number of fused-ring (bicyclic) bond motifs is 1. The highest BCUT2D eigenvalue weighted by Gasteiger charge is 2.47. The van der Waals surface area contributed by atoms with Crippen LogP contribution in [0, 0.1) is 39.4 Å². The van der Waals surface area contributed by atoms with Gasteiger partial charge in [0.1, 0.15) is 11.8 Å². The lowest BCUT2D eigenvalue weighted by Gasteiger charge is -2.23. The Bertz CT molecular complexity index is 1690. The van der Waals surface area contributed by atoms with Crippen molar-refractivity contribution in [2.24, 2.45) is 5.41 Å². The Morgan fingerprint density at radius 3 is 2.54 bits per heavy atom. The maximum absolute atomic E-state index is 9.88. The molecular formula is C29H26ClN9. The molecule has 39 heavy (non-hydrogen) atoms. The van der Waals surface area contributed by atoms with E-state index in [9.17, 15) is 15.8 Å². The second kappa shape index (κ2) is 9.91. The molecule has 0 spiro atoms. The summed E-state index contributed by atoms with van der Waals surface area (Å²) in [5, 5.41) is 46.1. The molecule has 1 saturated carbocycles. The largest absolute Gasteiger partial charge is 0.383 e. The van der Waals surface area contributed by atoms with Crippen LogP contribution in [0.25, 0.3) is 10.9 Å². The molecule has 10 heteroatoms.